The van der Waals surface area contributed by atoms with E-state index < -0.39 is 9.84 Å². The first-order chi connectivity index (χ1) is 9.11. The summed E-state index contributed by atoms with van der Waals surface area (Å²) >= 11 is 1.58. The third kappa shape index (κ3) is 2.32. The Morgan fingerprint density at radius 1 is 1.47 bits per heavy atom. The van der Waals surface area contributed by atoms with Crippen molar-refractivity contribution >= 4 is 37.2 Å². The van der Waals surface area contributed by atoms with E-state index in [1.807, 2.05) is 18.4 Å². The molecule has 7 heteroatoms. The molecule has 0 amide bonds. The van der Waals surface area contributed by atoms with Crippen LogP contribution in [0.5, 0.6) is 0 Å². The predicted octanol–water partition coefficient (Wildman–Crippen LogP) is 1.70. The molecule has 2 aromatic heterocycles. The topological polar surface area (TPSA) is 63.2 Å². The molecular weight excluding hydrogens is 282 g/mol. The van der Waals surface area contributed by atoms with Gasteiger partial charge in [0.05, 0.1) is 16.9 Å². The molecule has 1 saturated heterocycles. The largest absolute Gasteiger partial charge is 0.352 e. The van der Waals surface area contributed by atoms with Crippen LogP contribution in [-0.4, -0.2) is 42.5 Å². The van der Waals surface area contributed by atoms with Gasteiger partial charge in [-0.05, 0) is 24.8 Å². The molecule has 0 saturated carbocycles. The van der Waals surface area contributed by atoms with Crippen molar-refractivity contribution in [2.75, 3.05) is 23.0 Å². The molecule has 0 aliphatic carbocycles. The number of nitrogens with zero attached hydrogens (tertiary/aromatic N) is 3. The number of rotatable bonds is 3. The molecule has 19 heavy (non-hydrogen) atoms. The van der Waals surface area contributed by atoms with E-state index in [-0.39, 0.29) is 17.5 Å². The molecule has 0 spiro atoms. The highest BCUT2D eigenvalue weighted by atomic mass is 32.2. The number of fused-ring (bicyclic) bond motifs is 1. The lowest BCUT2D eigenvalue weighted by molar-refractivity contribution is 0.599. The van der Waals surface area contributed by atoms with Gasteiger partial charge in [0, 0.05) is 12.6 Å². The van der Waals surface area contributed by atoms with Crippen LogP contribution in [0.3, 0.4) is 0 Å². The Morgan fingerprint density at radius 3 is 3.00 bits per heavy atom. The van der Waals surface area contributed by atoms with Crippen LogP contribution in [0.4, 0.5) is 5.82 Å². The average Bonchev–Trinajstić information content (AvgIpc) is 2.97. The second-order valence-corrected chi connectivity index (χ2v) is 7.80. The van der Waals surface area contributed by atoms with Crippen molar-refractivity contribution in [2.24, 2.45) is 0 Å². The second kappa shape index (κ2) is 4.72. The smallest absolute Gasteiger partial charge is 0.152 e. The van der Waals surface area contributed by atoms with Crippen molar-refractivity contribution in [1.82, 2.24) is 9.97 Å². The average molecular weight is 297 g/mol. The number of hydrogen-bond acceptors (Lipinski definition) is 6. The van der Waals surface area contributed by atoms with Gasteiger partial charge < -0.3 is 4.90 Å². The van der Waals surface area contributed by atoms with E-state index in [9.17, 15) is 8.42 Å². The number of anilines is 1. The van der Waals surface area contributed by atoms with Gasteiger partial charge in [0.25, 0.3) is 0 Å². The van der Waals surface area contributed by atoms with Crippen LogP contribution in [0.1, 0.15) is 13.3 Å². The molecule has 0 unspecified atom stereocenters. The zero-order chi connectivity index (χ0) is 13.5. The zero-order valence-corrected chi connectivity index (χ0v) is 12.2. The molecule has 2 aromatic rings. The van der Waals surface area contributed by atoms with E-state index in [1.54, 1.807) is 17.7 Å². The molecular formula is C12H15N3O2S2. The van der Waals surface area contributed by atoms with Gasteiger partial charge >= 0.3 is 0 Å². The van der Waals surface area contributed by atoms with E-state index in [2.05, 4.69) is 14.9 Å². The van der Waals surface area contributed by atoms with E-state index in [4.69, 9.17) is 0 Å². The Kier molecular flexibility index (Phi) is 3.18. The van der Waals surface area contributed by atoms with Crippen molar-refractivity contribution in [3.05, 3.63) is 17.8 Å². The fourth-order valence-corrected chi connectivity index (χ4v) is 5.07. The summed E-state index contributed by atoms with van der Waals surface area (Å²) in [6.07, 6.45) is 2.24. The summed E-state index contributed by atoms with van der Waals surface area (Å²) in [6, 6.07) is 2.04. The Balaban J connectivity index is 2.01. The molecule has 0 aromatic carbocycles. The molecule has 0 bridgehead atoms. The molecule has 0 N–H and O–H groups in total. The van der Waals surface area contributed by atoms with Crippen LogP contribution in [0.25, 0.3) is 10.2 Å². The molecule has 0 radical (unpaired) electrons. The summed E-state index contributed by atoms with van der Waals surface area (Å²) in [7, 11) is -2.88. The van der Waals surface area contributed by atoms with Crippen LogP contribution < -0.4 is 4.90 Å². The molecule has 3 rings (SSSR count). The molecule has 102 valence electrons. The van der Waals surface area contributed by atoms with Gasteiger partial charge in [0.15, 0.2) is 9.84 Å². The van der Waals surface area contributed by atoms with Crippen LogP contribution in [0, 0.1) is 0 Å². The first-order valence-electron chi connectivity index (χ1n) is 6.26. The van der Waals surface area contributed by atoms with Gasteiger partial charge in [-0.1, -0.05) is 0 Å². The Morgan fingerprint density at radius 2 is 2.32 bits per heavy atom. The maximum atomic E-state index is 11.6. The fraction of sp³-hybridized carbons (Fsp3) is 0.500. The fourth-order valence-electron chi connectivity index (χ4n) is 2.61. The standard InChI is InChI=1S/C12H15N3O2S2/c1-2-15(9-4-6-19(16,17)7-9)11-10-3-5-18-12(10)14-8-13-11/h3,5,8-9H,2,4,6-7H2,1H3/t9-/m0/s1. The summed E-state index contributed by atoms with van der Waals surface area (Å²) in [6.45, 7) is 2.79. The predicted molar refractivity (Wildman–Crippen MR) is 77.5 cm³/mol. The van der Waals surface area contributed by atoms with Gasteiger partial charge in [-0.3, -0.25) is 0 Å². The van der Waals surface area contributed by atoms with Crippen LogP contribution in [0.15, 0.2) is 17.8 Å². The number of thiophene rings is 1. The molecule has 1 aliphatic heterocycles. The van der Waals surface area contributed by atoms with Crippen LogP contribution in [-0.2, 0) is 9.84 Å². The van der Waals surface area contributed by atoms with Crippen LogP contribution >= 0.6 is 11.3 Å². The SMILES string of the molecule is CCN(c1ncnc2sccc12)[C@H]1CCS(=O)(=O)C1. The van der Waals surface area contributed by atoms with Gasteiger partial charge in [-0.2, -0.15) is 0 Å². The summed E-state index contributed by atoms with van der Waals surface area (Å²) in [4.78, 5) is 11.7. The summed E-state index contributed by atoms with van der Waals surface area (Å²) < 4.78 is 23.3. The van der Waals surface area contributed by atoms with Gasteiger partial charge in [0.1, 0.15) is 17.0 Å². The van der Waals surface area contributed by atoms with E-state index in [0.29, 0.717) is 6.42 Å². The summed E-state index contributed by atoms with van der Waals surface area (Å²) in [5, 5.41) is 3.00. The van der Waals surface area contributed by atoms with Crippen molar-refractivity contribution in [2.45, 2.75) is 19.4 Å². The van der Waals surface area contributed by atoms with Crippen molar-refractivity contribution in [1.29, 1.82) is 0 Å². The Hall–Kier alpha value is -1.21. The maximum absolute atomic E-state index is 11.6. The van der Waals surface area contributed by atoms with Gasteiger partial charge in [0.2, 0.25) is 0 Å². The van der Waals surface area contributed by atoms with Gasteiger partial charge in [-0.15, -0.1) is 11.3 Å². The zero-order valence-electron chi connectivity index (χ0n) is 10.6. The lowest BCUT2D eigenvalue weighted by atomic mass is 10.2. The first kappa shape index (κ1) is 12.8. The maximum Gasteiger partial charge on any atom is 0.152 e. The highest BCUT2D eigenvalue weighted by Crippen LogP contribution is 2.30. The third-order valence-corrected chi connectivity index (χ3v) is 6.07. The highest BCUT2D eigenvalue weighted by molar-refractivity contribution is 7.91. The molecule has 5 nitrogen and oxygen atoms in total. The van der Waals surface area contributed by atoms with Crippen molar-refractivity contribution in [3.8, 4) is 0 Å². The van der Waals surface area contributed by atoms with E-state index >= 15 is 0 Å². The normalized spacial score (nSPS) is 21.8. The second-order valence-electron chi connectivity index (χ2n) is 4.68. The monoisotopic (exact) mass is 297 g/mol. The number of aromatic nitrogens is 2. The number of hydrogen-bond donors (Lipinski definition) is 0. The van der Waals surface area contributed by atoms with Gasteiger partial charge in [-0.25, -0.2) is 18.4 Å². The Labute approximate surface area is 116 Å². The van der Waals surface area contributed by atoms with Crippen molar-refractivity contribution in [3.63, 3.8) is 0 Å². The minimum absolute atomic E-state index is 0.0352. The van der Waals surface area contributed by atoms with E-state index in [0.717, 1.165) is 22.6 Å². The molecule has 3 heterocycles. The third-order valence-electron chi connectivity index (χ3n) is 3.50. The first-order valence-corrected chi connectivity index (χ1v) is 8.96. The van der Waals surface area contributed by atoms with Crippen molar-refractivity contribution < 1.29 is 8.42 Å². The van der Waals surface area contributed by atoms with E-state index in [1.165, 1.54) is 0 Å². The summed E-state index contributed by atoms with van der Waals surface area (Å²) in [5.41, 5.74) is 0. The summed E-state index contributed by atoms with van der Waals surface area (Å²) in [5.74, 6) is 1.37. The lowest BCUT2D eigenvalue weighted by Gasteiger charge is -2.28. The minimum Gasteiger partial charge on any atom is -0.352 e. The minimum atomic E-state index is -2.88. The van der Waals surface area contributed by atoms with Crippen LogP contribution in [0.2, 0.25) is 0 Å². The molecule has 1 fully saturated rings. The number of sulfone groups is 1. The quantitative estimate of drug-likeness (QED) is 0.863. The lowest BCUT2D eigenvalue weighted by Crippen LogP contribution is -2.36. The molecule has 1 atom stereocenters. The highest BCUT2D eigenvalue weighted by Gasteiger charge is 2.32. The Bertz CT molecular complexity index is 696. The molecule has 1 aliphatic rings.